The van der Waals surface area contributed by atoms with Crippen LogP contribution in [0.3, 0.4) is 0 Å². The number of anilines is 1. The van der Waals surface area contributed by atoms with E-state index in [-0.39, 0.29) is 29.1 Å². The van der Waals surface area contributed by atoms with E-state index in [0.717, 1.165) is 18.1 Å². The number of benzene rings is 1. The van der Waals surface area contributed by atoms with E-state index < -0.39 is 33.7 Å². The lowest BCUT2D eigenvalue weighted by Crippen LogP contribution is -2.39. The first-order valence-electron chi connectivity index (χ1n) is 12.6. The van der Waals surface area contributed by atoms with Crippen LogP contribution in [0.25, 0.3) is 11.0 Å². The fraction of sp³-hybridized carbons (Fsp3) is 0.500. The first-order chi connectivity index (χ1) is 18.2. The Bertz CT molecular complexity index is 1420. The third-order valence-corrected chi connectivity index (χ3v) is 8.84. The summed E-state index contributed by atoms with van der Waals surface area (Å²) >= 11 is 0. The molecule has 0 radical (unpaired) electrons. The number of alkyl halides is 2. The normalized spacial score (nSPS) is 20.6. The van der Waals surface area contributed by atoms with E-state index in [1.165, 1.54) is 18.5 Å². The molecule has 4 heterocycles. The standard InChI is InChI=1S/C26H29F3N4O4S/c1-15(19-5-2-6-20(22(19)27)23(28)29)32-24-21-11-17(10-16-4-3-8-38(34,35)9-7-16)26(37-18-12-36-13-18)33-25(21)31-14-30-24/h2,5-6,11,14-16,18,23H,3-4,7-10,12-13H2,1H3,(H,30,31,32,33)/t15-,16?/m1/s1. The third kappa shape index (κ3) is 5.85. The van der Waals surface area contributed by atoms with Crippen LogP contribution in [0.5, 0.6) is 5.88 Å². The minimum Gasteiger partial charge on any atom is -0.469 e. The molecule has 204 valence electrons. The summed E-state index contributed by atoms with van der Waals surface area (Å²) in [5, 5.41) is 3.69. The highest BCUT2D eigenvalue weighted by Gasteiger charge is 2.27. The summed E-state index contributed by atoms with van der Waals surface area (Å²) in [5.74, 6) is 0.332. The molecular weight excluding hydrogens is 521 g/mol. The summed E-state index contributed by atoms with van der Waals surface area (Å²) in [6.07, 6.45) is 0.774. The Morgan fingerprint density at radius 3 is 2.68 bits per heavy atom. The van der Waals surface area contributed by atoms with Crippen molar-refractivity contribution in [3.63, 3.8) is 0 Å². The van der Waals surface area contributed by atoms with Gasteiger partial charge in [-0.15, -0.1) is 0 Å². The van der Waals surface area contributed by atoms with Crippen molar-refractivity contribution in [1.29, 1.82) is 0 Å². The first kappa shape index (κ1) is 26.6. The van der Waals surface area contributed by atoms with Crippen LogP contribution in [-0.2, 0) is 21.0 Å². The summed E-state index contributed by atoms with van der Waals surface area (Å²) in [6, 6.07) is 5.12. The zero-order valence-corrected chi connectivity index (χ0v) is 21.7. The van der Waals surface area contributed by atoms with Gasteiger partial charge >= 0.3 is 0 Å². The zero-order chi connectivity index (χ0) is 26.9. The molecule has 1 aromatic carbocycles. The SMILES string of the molecule is C[C@@H](Nc1ncnc2nc(OC3COC3)c(CC3CCCS(=O)(=O)CC3)cc12)c1cccc(C(F)F)c1F. The molecule has 5 rings (SSSR count). The number of rotatable bonds is 8. The van der Waals surface area contributed by atoms with Gasteiger partial charge in [-0.05, 0) is 44.6 Å². The minimum atomic E-state index is -3.03. The molecule has 2 saturated heterocycles. The fourth-order valence-corrected chi connectivity index (χ4v) is 6.37. The quantitative estimate of drug-likeness (QED) is 0.426. The van der Waals surface area contributed by atoms with E-state index in [1.807, 2.05) is 6.07 Å². The van der Waals surface area contributed by atoms with Gasteiger partial charge in [-0.25, -0.2) is 31.6 Å². The van der Waals surface area contributed by atoms with Crippen molar-refractivity contribution in [2.24, 2.45) is 5.92 Å². The molecule has 0 amide bonds. The Morgan fingerprint density at radius 2 is 1.95 bits per heavy atom. The average molecular weight is 551 g/mol. The Balaban J connectivity index is 1.47. The Hall–Kier alpha value is -2.99. The molecule has 2 fully saturated rings. The topological polar surface area (TPSA) is 103 Å². The Kier molecular flexibility index (Phi) is 7.71. The Labute approximate surface area is 218 Å². The lowest BCUT2D eigenvalue weighted by molar-refractivity contribution is -0.0816. The monoisotopic (exact) mass is 550 g/mol. The highest BCUT2D eigenvalue weighted by atomic mass is 32.2. The highest BCUT2D eigenvalue weighted by Crippen LogP contribution is 2.34. The van der Waals surface area contributed by atoms with Crippen LogP contribution in [0.15, 0.2) is 30.6 Å². The molecule has 8 nitrogen and oxygen atoms in total. The van der Waals surface area contributed by atoms with Crippen LogP contribution < -0.4 is 10.1 Å². The largest absolute Gasteiger partial charge is 0.469 e. The number of ether oxygens (including phenoxy) is 2. The molecule has 2 aliphatic heterocycles. The number of nitrogens with one attached hydrogen (secondary N) is 1. The molecule has 2 aliphatic rings. The van der Waals surface area contributed by atoms with Gasteiger partial charge in [0.1, 0.15) is 33.9 Å². The summed E-state index contributed by atoms with van der Waals surface area (Å²) in [6.45, 7) is 2.58. The number of pyridine rings is 1. The van der Waals surface area contributed by atoms with Crippen molar-refractivity contribution < 1.29 is 31.1 Å². The van der Waals surface area contributed by atoms with Crippen LogP contribution in [0.1, 0.15) is 55.3 Å². The number of fused-ring (bicyclic) bond motifs is 1. The van der Waals surface area contributed by atoms with Crippen LogP contribution >= 0.6 is 0 Å². The second kappa shape index (κ2) is 11.0. The second-order valence-electron chi connectivity index (χ2n) is 9.89. The number of aromatic nitrogens is 3. The van der Waals surface area contributed by atoms with E-state index in [4.69, 9.17) is 9.47 Å². The number of sulfone groups is 1. The second-order valence-corrected chi connectivity index (χ2v) is 12.2. The molecule has 0 aliphatic carbocycles. The number of hydrogen-bond acceptors (Lipinski definition) is 8. The maximum Gasteiger partial charge on any atom is 0.266 e. The summed E-state index contributed by atoms with van der Waals surface area (Å²) in [4.78, 5) is 13.3. The summed E-state index contributed by atoms with van der Waals surface area (Å²) in [7, 11) is -3.03. The number of halogens is 3. The predicted octanol–water partition coefficient (Wildman–Crippen LogP) is 4.81. The van der Waals surface area contributed by atoms with Crippen molar-refractivity contribution in [2.45, 2.75) is 51.2 Å². The lowest BCUT2D eigenvalue weighted by atomic mass is 9.93. The van der Waals surface area contributed by atoms with Crippen LogP contribution in [0.2, 0.25) is 0 Å². The molecule has 0 saturated carbocycles. The van der Waals surface area contributed by atoms with Gasteiger partial charge in [0.2, 0.25) is 5.88 Å². The smallest absolute Gasteiger partial charge is 0.266 e. The molecule has 1 unspecified atom stereocenters. The van der Waals surface area contributed by atoms with Crippen molar-refractivity contribution in [2.75, 3.05) is 30.0 Å². The van der Waals surface area contributed by atoms with Gasteiger partial charge < -0.3 is 14.8 Å². The number of nitrogens with zero attached hydrogens (tertiary/aromatic N) is 3. The van der Waals surface area contributed by atoms with Crippen LogP contribution in [0.4, 0.5) is 19.0 Å². The van der Waals surface area contributed by atoms with Crippen molar-refractivity contribution in [3.05, 3.63) is 53.1 Å². The third-order valence-electron chi connectivity index (χ3n) is 7.08. The maximum atomic E-state index is 14.8. The summed E-state index contributed by atoms with van der Waals surface area (Å²) in [5.41, 5.74) is 0.594. The maximum absolute atomic E-state index is 14.8. The van der Waals surface area contributed by atoms with E-state index in [9.17, 15) is 21.6 Å². The van der Waals surface area contributed by atoms with E-state index in [1.54, 1.807) is 6.92 Å². The van der Waals surface area contributed by atoms with Gasteiger partial charge in [-0.3, -0.25) is 0 Å². The van der Waals surface area contributed by atoms with Gasteiger partial charge in [-0.2, -0.15) is 4.98 Å². The Morgan fingerprint density at radius 1 is 1.16 bits per heavy atom. The number of hydrogen-bond donors (Lipinski definition) is 1. The van der Waals surface area contributed by atoms with Crippen molar-refractivity contribution >= 4 is 26.7 Å². The molecular formula is C26H29F3N4O4S. The lowest BCUT2D eigenvalue weighted by Gasteiger charge is -2.27. The zero-order valence-electron chi connectivity index (χ0n) is 20.9. The molecule has 12 heteroatoms. The average Bonchev–Trinajstić information content (AvgIpc) is 3.01. The van der Waals surface area contributed by atoms with E-state index in [2.05, 4.69) is 20.3 Å². The molecule has 2 aromatic heterocycles. The summed E-state index contributed by atoms with van der Waals surface area (Å²) < 4.78 is 76.8. The highest BCUT2D eigenvalue weighted by molar-refractivity contribution is 7.91. The van der Waals surface area contributed by atoms with Gasteiger partial charge in [0, 0.05) is 11.1 Å². The molecule has 0 bridgehead atoms. The van der Waals surface area contributed by atoms with Gasteiger partial charge in [0.15, 0.2) is 5.65 Å². The fourth-order valence-electron chi connectivity index (χ4n) is 4.87. The first-order valence-corrected chi connectivity index (χ1v) is 14.4. The molecule has 1 N–H and O–H groups in total. The van der Waals surface area contributed by atoms with Gasteiger partial charge in [0.05, 0.1) is 41.7 Å². The van der Waals surface area contributed by atoms with E-state index in [0.29, 0.717) is 55.2 Å². The minimum absolute atomic E-state index is 0.0901. The molecule has 3 aromatic rings. The van der Waals surface area contributed by atoms with Crippen molar-refractivity contribution in [3.8, 4) is 5.88 Å². The molecule has 2 atom stereocenters. The predicted molar refractivity (Wildman–Crippen MR) is 136 cm³/mol. The van der Waals surface area contributed by atoms with E-state index >= 15 is 0 Å². The molecule has 0 spiro atoms. The molecule has 38 heavy (non-hydrogen) atoms. The van der Waals surface area contributed by atoms with Crippen molar-refractivity contribution in [1.82, 2.24) is 15.0 Å². The van der Waals surface area contributed by atoms with Gasteiger partial charge in [0.25, 0.3) is 6.43 Å². The van der Waals surface area contributed by atoms with Gasteiger partial charge in [-0.1, -0.05) is 18.2 Å². The van der Waals surface area contributed by atoms with Crippen LogP contribution in [0, 0.1) is 11.7 Å². The van der Waals surface area contributed by atoms with Crippen LogP contribution in [-0.4, -0.2) is 54.2 Å².